The van der Waals surface area contributed by atoms with Crippen LogP contribution in [0.15, 0.2) is 12.5 Å². The van der Waals surface area contributed by atoms with E-state index < -0.39 is 0 Å². The van der Waals surface area contributed by atoms with Gasteiger partial charge in [-0.3, -0.25) is 0 Å². The predicted molar refractivity (Wildman–Crippen MR) is 65.4 cm³/mol. The normalized spacial score (nSPS) is 15.6. The molecule has 2 N–H and O–H groups in total. The second-order valence-electron chi connectivity index (χ2n) is 4.09. The summed E-state index contributed by atoms with van der Waals surface area (Å²) in [5, 5.41) is 1.90. The van der Waals surface area contributed by atoms with E-state index in [0.29, 0.717) is 6.04 Å². The number of nitrogen functional groups attached to an aromatic ring is 1. The molecule has 1 fully saturated rings. The maximum atomic E-state index is 6.01. The van der Waals surface area contributed by atoms with Crippen LogP contribution >= 0.6 is 11.3 Å². The molecule has 16 heavy (non-hydrogen) atoms. The van der Waals surface area contributed by atoms with E-state index in [-0.39, 0.29) is 0 Å². The lowest BCUT2D eigenvalue weighted by Gasteiger charge is -2.03. The highest BCUT2D eigenvalue weighted by Gasteiger charge is 2.27. The number of hydrogen-bond acceptors (Lipinski definition) is 4. The molecule has 2 aromatic rings. The summed E-state index contributed by atoms with van der Waals surface area (Å²) in [7, 11) is 0. The van der Waals surface area contributed by atoms with Crippen molar-refractivity contribution in [3.05, 3.63) is 17.5 Å². The van der Waals surface area contributed by atoms with Gasteiger partial charge in [-0.2, -0.15) is 0 Å². The monoisotopic (exact) mass is 234 g/mol. The van der Waals surface area contributed by atoms with Crippen molar-refractivity contribution in [2.24, 2.45) is 0 Å². The van der Waals surface area contributed by atoms with E-state index in [0.717, 1.165) is 27.8 Å². The molecule has 5 heteroatoms. The molecule has 0 bridgehead atoms. The molecule has 4 nitrogen and oxygen atoms in total. The number of aryl methyl sites for hydroxylation is 1. The fourth-order valence-corrected chi connectivity index (χ4v) is 2.63. The number of aromatic nitrogens is 3. The van der Waals surface area contributed by atoms with Gasteiger partial charge in [-0.1, -0.05) is 6.92 Å². The van der Waals surface area contributed by atoms with Gasteiger partial charge in [0.1, 0.15) is 10.7 Å². The average molecular weight is 234 g/mol. The van der Waals surface area contributed by atoms with Crippen molar-refractivity contribution in [2.75, 3.05) is 5.73 Å². The second-order valence-corrected chi connectivity index (χ2v) is 5.21. The van der Waals surface area contributed by atoms with Crippen LogP contribution in [0.5, 0.6) is 0 Å². The number of nitrogens with zero attached hydrogens (tertiary/aromatic N) is 3. The van der Waals surface area contributed by atoms with Gasteiger partial charge in [-0.15, -0.1) is 11.3 Å². The number of anilines is 1. The molecule has 0 saturated heterocycles. The molecule has 0 radical (unpaired) electrons. The Bertz CT molecular complexity index is 510. The first-order valence-corrected chi connectivity index (χ1v) is 6.38. The maximum absolute atomic E-state index is 6.01. The molecule has 0 unspecified atom stereocenters. The van der Waals surface area contributed by atoms with E-state index in [9.17, 15) is 0 Å². The third kappa shape index (κ3) is 1.51. The fourth-order valence-electron chi connectivity index (χ4n) is 1.84. The summed E-state index contributed by atoms with van der Waals surface area (Å²) in [6, 6.07) is 0.615. The van der Waals surface area contributed by atoms with Gasteiger partial charge in [0.05, 0.1) is 23.2 Å². The Kier molecular flexibility index (Phi) is 2.21. The lowest BCUT2D eigenvalue weighted by Crippen LogP contribution is -1.96. The van der Waals surface area contributed by atoms with Gasteiger partial charge in [0.25, 0.3) is 0 Å². The molecule has 0 amide bonds. The summed E-state index contributed by atoms with van der Waals surface area (Å²) >= 11 is 1.58. The highest BCUT2D eigenvalue weighted by molar-refractivity contribution is 7.16. The minimum Gasteiger partial charge on any atom is -0.389 e. The Morgan fingerprint density at radius 3 is 3.00 bits per heavy atom. The molecule has 1 saturated carbocycles. The second kappa shape index (κ2) is 3.59. The first-order chi connectivity index (χ1) is 7.79. The van der Waals surface area contributed by atoms with Crippen molar-refractivity contribution in [1.82, 2.24) is 14.5 Å². The van der Waals surface area contributed by atoms with Crippen LogP contribution in [-0.2, 0) is 6.42 Å². The van der Waals surface area contributed by atoms with Gasteiger partial charge >= 0.3 is 0 Å². The van der Waals surface area contributed by atoms with E-state index in [2.05, 4.69) is 21.5 Å². The van der Waals surface area contributed by atoms with Gasteiger partial charge in [0, 0.05) is 6.04 Å². The van der Waals surface area contributed by atoms with Crippen molar-refractivity contribution in [2.45, 2.75) is 32.2 Å². The molecule has 0 aliphatic heterocycles. The molecule has 0 atom stereocenters. The third-order valence-electron chi connectivity index (χ3n) is 2.85. The number of rotatable bonds is 3. The highest BCUT2D eigenvalue weighted by Crippen LogP contribution is 2.40. The molecule has 0 aromatic carbocycles. The first kappa shape index (κ1) is 9.84. The zero-order chi connectivity index (χ0) is 11.1. The van der Waals surface area contributed by atoms with Gasteiger partial charge < -0.3 is 10.3 Å². The van der Waals surface area contributed by atoms with E-state index in [1.54, 1.807) is 11.3 Å². The number of nitrogens with two attached hydrogens (primary N) is 1. The molecule has 84 valence electrons. The summed E-state index contributed by atoms with van der Waals surface area (Å²) in [6.45, 7) is 2.10. The molecule has 0 spiro atoms. The van der Waals surface area contributed by atoms with Gasteiger partial charge in [0.15, 0.2) is 0 Å². The fraction of sp³-hybridized carbons (Fsp3) is 0.455. The maximum Gasteiger partial charge on any atom is 0.123 e. The molecule has 1 aliphatic carbocycles. The van der Waals surface area contributed by atoms with E-state index in [1.165, 1.54) is 12.8 Å². The minimum absolute atomic E-state index is 0.615. The topological polar surface area (TPSA) is 56.7 Å². The largest absolute Gasteiger partial charge is 0.389 e. The zero-order valence-corrected chi connectivity index (χ0v) is 10.00. The van der Waals surface area contributed by atoms with Crippen LogP contribution in [0, 0.1) is 0 Å². The Morgan fingerprint density at radius 2 is 2.38 bits per heavy atom. The van der Waals surface area contributed by atoms with Crippen LogP contribution in [0.3, 0.4) is 0 Å². The minimum atomic E-state index is 0.615. The lowest BCUT2D eigenvalue weighted by atomic mass is 10.3. The van der Waals surface area contributed by atoms with Crippen LogP contribution < -0.4 is 5.73 Å². The van der Waals surface area contributed by atoms with Crippen molar-refractivity contribution in [3.63, 3.8) is 0 Å². The summed E-state index contributed by atoms with van der Waals surface area (Å²) in [5.74, 6) is 0. The highest BCUT2D eigenvalue weighted by atomic mass is 32.1. The summed E-state index contributed by atoms with van der Waals surface area (Å²) < 4.78 is 2.20. The zero-order valence-electron chi connectivity index (χ0n) is 9.18. The lowest BCUT2D eigenvalue weighted by molar-refractivity contribution is 0.746. The van der Waals surface area contributed by atoms with Crippen LogP contribution in [0.2, 0.25) is 0 Å². The SMILES string of the molecule is CCc1nc(-c2cncn2C2CC2)c(N)s1. The molecular formula is C11H14N4S. The Labute approximate surface area is 98.1 Å². The Balaban J connectivity index is 2.06. The molecule has 2 heterocycles. The quantitative estimate of drug-likeness (QED) is 0.887. The smallest absolute Gasteiger partial charge is 0.123 e. The van der Waals surface area contributed by atoms with Crippen molar-refractivity contribution >= 4 is 16.3 Å². The van der Waals surface area contributed by atoms with Crippen molar-refractivity contribution in [1.29, 1.82) is 0 Å². The standard InChI is InChI=1S/C11H14N4S/c1-2-9-14-10(11(12)16-9)8-5-13-6-15(8)7-3-4-7/h5-7H,2-4,12H2,1H3. The van der Waals surface area contributed by atoms with Crippen LogP contribution in [0.4, 0.5) is 5.00 Å². The summed E-state index contributed by atoms with van der Waals surface area (Å²) in [6.07, 6.45) is 7.18. The first-order valence-electron chi connectivity index (χ1n) is 5.57. The van der Waals surface area contributed by atoms with Gasteiger partial charge in [0.2, 0.25) is 0 Å². The van der Waals surface area contributed by atoms with Crippen molar-refractivity contribution < 1.29 is 0 Å². The number of thiazole rings is 1. The van der Waals surface area contributed by atoms with E-state index in [4.69, 9.17) is 5.73 Å². The molecule has 1 aliphatic rings. The van der Waals surface area contributed by atoms with Crippen molar-refractivity contribution in [3.8, 4) is 11.4 Å². The molecule has 3 rings (SSSR count). The summed E-state index contributed by atoms with van der Waals surface area (Å²) in [4.78, 5) is 8.78. The van der Waals surface area contributed by atoms with Crippen LogP contribution in [-0.4, -0.2) is 14.5 Å². The number of imidazole rings is 1. The number of hydrogen-bond donors (Lipinski definition) is 1. The van der Waals surface area contributed by atoms with Gasteiger partial charge in [-0.25, -0.2) is 9.97 Å². The van der Waals surface area contributed by atoms with E-state index >= 15 is 0 Å². The van der Waals surface area contributed by atoms with E-state index in [1.807, 2.05) is 12.5 Å². The van der Waals surface area contributed by atoms with Crippen LogP contribution in [0.25, 0.3) is 11.4 Å². The predicted octanol–water partition coefficient (Wildman–Crippen LogP) is 2.49. The van der Waals surface area contributed by atoms with Gasteiger partial charge in [-0.05, 0) is 19.3 Å². The average Bonchev–Trinajstić information content (AvgIpc) is 2.89. The molecular weight excluding hydrogens is 220 g/mol. The Morgan fingerprint density at radius 1 is 1.56 bits per heavy atom. The van der Waals surface area contributed by atoms with Crippen LogP contribution in [0.1, 0.15) is 30.8 Å². The molecule has 2 aromatic heterocycles. The third-order valence-corrected chi connectivity index (χ3v) is 3.88. The summed E-state index contributed by atoms with van der Waals surface area (Å²) in [5.41, 5.74) is 7.99. The Hall–Kier alpha value is -1.36.